The van der Waals surface area contributed by atoms with Gasteiger partial charge in [0.1, 0.15) is 0 Å². The first-order valence-electron chi connectivity index (χ1n) is 10.6. The molecule has 1 heterocycles. The Kier molecular flexibility index (Phi) is 6.48. The number of aliphatic hydroxyl groups excluding tert-OH is 1. The first-order valence-corrected chi connectivity index (χ1v) is 11.2. The molecule has 1 aliphatic heterocycles. The molecule has 1 N–H and O–H groups in total. The summed E-state index contributed by atoms with van der Waals surface area (Å²) in [6, 6.07) is 11.0. The summed E-state index contributed by atoms with van der Waals surface area (Å²) in [6.45, 7) is 1.68. The van der Waals surface area contributed by atoms with Gasteiger partial charge in [0.25, 0.3) is 0 Å². The number of rotatable bonds is 5. The number of hydrogen-bond acceptors (Lipinski definition) is 3. The highest BCUT2D eigenvalue weighted by Gasteiger charge is 2.51. The summed E-state index contributed by atoms with van der Waals surface area (Å²) in [7, 11) is 2.83. The Labute approximate surface area is 171 Å². The van der Waals surface area contributed by atoms with Crippen molar-refractivity contribution in [3.05, 3.63) is 72.4 Å². The van der Waals surface area contributed by atoms with Crippen LogP contribution in [0.2, 0.25) is 0 Å². The minimum Gasteiger partial charge on any atom is -0.394 e. The minimum absolute atomic E-state index is 0.0321. The van der Waals surface area contributed by atoms with Gasteiger partial charge in [0.05, 0.1) is 24.1 Å². The molecule has 1 saturated heterocycles. The van der Waals surface area contributed by atoms with Crippen molar-refractivity contribution in [3.8, 4) is 0 Å². The summed E-state index contributed by atoms with van der Waals surface area (Å²) in [6.07, 6.45) is 18.4. The largest absolute Gasteiger partial charge is 0.394 e. The lowest BCUT2D eigenvalue weighted by Crippen LogP contribution is -2.62. The minimum atomic E-state index is -0.144. The van der Waals surface area contributed by atoms with Gasteiger partial charge in [-0.1, -0.05) is 66.8 Å². The molecule has 0 radical (unpaired) electrons. The van der Waals surface area contributed by atoms with E-state index in [1.165, 1.54) is 24.8 Å². The topological polar surface area (TPSA) is 32.7 Å². The van der Waals surface area contributed by atoms with E-state index in [-0.39, 0.29) is 24.1 Å². The number of aliphatic hydroxyl groups is 1. The van der Waals surface area contributed by atoms with Crippen molar-refractivity contribution < 1.29 is 9.84 Å². The molecular formula is C24H32NO2P. The quantitative estimate of drug-likeness (QED) is 0.595. The summed E-state index contributed by atoms with van der Waals surface area (Å²) < 4.78 is 5.99. The van der Waals surface area contributed by atoms with Crippen LogP contribution in [0.5, 0.6) is 0 Å². The number of morpholine rings is 1. The van der Waals surface area contributed by atoms with E-state index < -0.39 is 0 Å². The summed E-state index contributed by atoms with van der Waals surface area (Å²) in [5, 5.41) is 9.88. The predicted octanol–water partition coefficient (Wildman–Crippen LogP) is 4.26. The van der Waals surface area contributed by atoms with E-state index >= 15 is 0 Å². The first-order chi connectivity index (χ1) is 13.7. The van der Waals surface area contributed by atoms with Crippen LogP contribution in [-0.4, -0.2) is 41.7 Å². The van der Waals surface area contributed by atoms with Crippen LogP contribution >= 0.6 is 9.24 Å². The van der Waals surface area contributed by atoms with E-state index in [9.17, 15) is 5.11 Å². The fourth-order valence-corrected chi connectivity index (χ4v) is 5.90. The van der Waals surface area contributed by atoms with Crippen molar-refractivity contribution in [2.75, 3.05) is 19.7 Å². The molecule has 1 aromatic rings. The normalized spacial score (nSPS) is 32.9. The Balaban J connectivity index is 1.86. The van der Waals surface area contributed by atoms with Crippen LogP contribution in [0, 0.1) is 11.8 Å². The molecule has 0 amide bonds. The Hall–Kier alpha value is -1.25. The summed E-state index contributed by atoms with van der Waals surface area (Å²) in [4.78, 5) is 2.62. The Morgan fingerprint density at radius 3 is 2.61 bits per heavy atom. The van der Waals surface area contributed by atoms with Gasteiger partial charge in [-0.2, -0.15) is 0 Å². The van der Waals surface area contributed by atoms with Gasteiger partial charge < -0.3 is 9.84 Å². The number of hydrogen-bond donors (Lipinski definition) is 1. The van der Waals surface area contributed by atoms with Crippen LogP contribution in [0.3, 0.4) is 0 Å². The fraction of sp³-hybridized carbons (Fsp3) is 0.500. The summed E-state index contributed by atoms with van der Waals surface area (Å²) in [5.41, 5.74) is 1.25. The third-order valence-electron chi connectivity index (χ3n) is 6.52. The molecule has 2 aliphatic carbocycles. The molecule has 0 spiro atoms. The van der Waals surface area contributed by atoms with E-state index in [1.807, 2.05) is 0 Å². The number of allylic oxidation sites excluding steroid dienone is 4. The van der Waals surface area contributed by atoms with Crippen molar-refractivity contribution in [2.24, 2.45) is 11.8 Å². The maximum atomic E-state index is 9.88. The smallest absolute Gasteiger partial charge is 0.0941 e. The molecule has 3 nitrogen and oxygen atoms in total. The van der Waals surface area contributed by atoms with E-state index in [4.69, 9.17) is 4.74 Å². The van der Waals surface area contributed by atoms with Crippen molar-refractivity contribution in [1.29, 1.82) is 0 Å². The fourth-order valence-electron chi connectivity index (χ4n) is 5.42. The van der Waals surface area contributed by atoms with Crippen LogP contribution < -0.4 is 0 Å². The molecule has 3 aliphatic rings. The molecule has 0 bridgehead atoms. The van der Waals surface area contributed by atoms with Crippen molar-refractivity contribution in [3.63, 3.8) is 0 Å². The summed E-state index contributed by atoms with van der Waals surface area (Å²) >= 11 is 0. The van der Waals surface area contributed by atoms with Crippen molar-refractivity contribution in [1.82, 2.24) is 4.90 Å². The standard InChI is InChI=1S/C24H32NO2P/c26-18-22-16-25(17-23(28)27-22)24(19-10-4-1-5-11-19,20-12-6-2-7-13-20)21-14-8-3-9-15-21/h1-2,4-8,10-12,14,20-23,26H,3,9,13,15-18,28H2. The molecule has 1 aromatic carbocycles. The van der Waals surface area contributed by atoms with E-state index in [2.05, 4.69) is 80.9 Å². The van der Waals surface area contributed by atoms with Crippen LogP contribution in [-0.2, 0) is 10.3 Å². The van der Waals surface area contributed by atoms with E-state index in [1.54, 1.807) is 0 Å². The lowest BCUT2D eigenvalue weighted by atomic mass is 9.63. The molecule has 0 aromatic heterocycles. The zero-order chi connectivity index (χ0) is 19.4. The third-order valence-corrected chi connectivity index (χ3v) is 6.89. The second-order valence-electron chi connectivity index (χ2n) is 8.20. The average molecular weight is 397 g/mol. The van der Waals surface area contributed by atoms with Crippen molar-refractivity contribution >= 4 is 9.24 Å². The number of ether oxygens (including phenoxy) is 1. The highest BCUT2D eigenvalue weighted by Crippen LogP contribution is 2.50. The van der Waals surface area contributed by atoms with Gasteiger partial charge in [0.2, 0.25) is 0 Å². The Morgan fingerprint density at radius 1 is 1.07 bits per heavy atom. The highest BCUT2D eigenvalue weighted by atomic mass is 31.0. The monoisotopic (exact) mass is 397 g/mol. The van der Waals surface area contributed by atoms with Crippen LogP contribution in [0.25, 0.3) is 0 Å². The average Bonchev–Trinajstić information content (AvgIpc) is 2.76. The Bertz CT molecular complexity index is 727. The Morgan fingerprint density at radius 2 is 1.93 bits per heavy atom. The molecule has 150 valence electrons. The maximum absolute atomic E-state index is 9.88. The molecule has 4 rings (SSSR count). The van der Waals surface area contributed by atoms with Gasteiger partial charge >= 0.3 is 0 Å². The van der Waals surface area contributed by atoms with Gasteiger partial charge in [-0.25, -0.2) is 0 Å². The highest BCUT2D eigenvalue weighted by molar-refractivity contribution is 7.17. The molecular weight excluding hydrogens is 365 g/mol. The van der Waals surface area contributed by atoms with Crippen LogP contribution in [0.1, 0.15) is 31.2 Å². The lowest BCUT2D eigenvalue weighted by molar-refractivity contribution is -0.123. The third kappa shape index (κ3) is 3.78. The van der Waals surface area contributed by atoms with Crippen LogP contribution in [0.15, 0.2) is 66.8 Å². The van der Waals surface area contributed by atoms with Gasteiger partial charge in [-0.3, -0.25) is 4.90 Å². The molecule has 28 heavy (non-hydrogen) atoms. The SMILES string of the molecule is OCC1CN(C(c2ccccc2)(C2C=CC=CC2)C2C=CCCC2)CC(P)O1. The summed E-state index contributed by atoms with van der Waals surface area (Å²) in [5.74, 6) is 0.867. The van der Waals surface area contributed by atoms with Gasteiger partial charge in [-0.15, -0.1) is 9.24 Å². The van der Waals surface area contributed by atoms with Gasteiger partial charge in [0.15, 0.2) is 0 Å². The predicted molar refractivity (Wildman–Crippen MR) is 118 cm³/mol. The molecule has 6 unspecified atom stereocenters. The maximum Gasteiger partial charge on any atom is 0.0941 e. The lowest BCUT2D eigenvalue weighted by Gasteiger charge is -2.56. The van der Waals surface area contributed by atoms with Crippen molar-refractivity contribution in [2.45, 2.75) is 43.2 Å². The molecule has 6 atom stereocenters. The van der Waals surface area contributed by atoms with Gasteiger partial charge in [-0.05, 0) is 37.2 Å². The van der Waals surface area contributed by atoms with E-state index in [0.29, 0.717) is 11.8 Å². The van der Waals surface area contributed by atoms with E-state index in [0.717, 1.165) is 19.5 Å². The number of benzene rings is 1. The zero-order valence-corrected chi connectivity index (χ0v) is 17.6. The van der Waals surface area contributed by atoms with Gasteiger partial charge in [0, 0.05) is 19.0 Å². The molecule has 4 heteroatoms. The van der Waals surface area contributed by atoms with Crippen LogP contribution in [0.4, 0.5) is 0 Å². The molecule has 0 saturated carbocycles. The second kappa shape index (κ2) is 9.05. The zero-order valence-electron chi connectivity index (χ0n) is 16.5. The molecule has 1 fully saturated rings. The number of nitrogens with zero attached hydrogens (tertiary/aromatic N) is 1. The first kappa shape index (κ1) is 20.0. The second-order valence-corrected chi connectivity index (χ2v) is 8.94.